The molecule has 6 nitrogen and oxygen atoms in total. The lowest BCUT2D eigenvalue weighted by Crippen LogP contribution is -2.03. The van der Waals surface area contributed by atoms with E-state index in [0.717, 1.165) is 28.4 Å². The molecular weight excluding hydrogens is 314 g/mol. The Hall–Kier alpha value is -3.54. The third-order valence-corrected chi connectivity index (χ3v) is 3.65. The van der Waals surface area contributed by atoms with Crippen molar-refractivity contribution in [1.82, 2.24) is 19.9 Å². The number of nitrogens with zero attached hydrogens (tertiary/aromatic N) is 4. The first-order valence-corrected chi connectivity index (χ1v) is 7.84. The molecule has 0 unspecified atom stereocenters. The van der Waals surface area contributed by atoms with Gasteiger partial charge in [-0.25, -0.2) is 9.97 Å². The molecule has 4 heterocycles. The molecule has 0 saturated carbocycles. The summed E-state index contributed by atoms with van der Waals surface area (Å²) in [6, 6.07) is 13.3. The molecular formula is C19H15N5O. The number of pyridine rings is 2. The molecule has 25 heavy (non-hydrogen) atoms. The fourth-order valence-corrected chi connectivity index (χ4v) is 2.42. The van der Waals surface area contributed by atoms with Crippen molar-refractivity contribution < 1.29 is 4.42 Å². The van der Waals surface area contributed by atoms with E-state index in [1.54, 1.807) is 31.1 Å². The Kier molecular flexibility index (Phi) is 4.16. The zero-order valence-corrected chi connectivity index (χ0v) is 13.3. The number of rotatable bonds is 5. The first-order valence-electron chi connectivity index (χ1n) is 7.84. The second-order valence-corrected chi connectivity index (χ2v) is 5.37. The van der Waals surface area contributed by atoms with Crippen molar-refractivity contribution in [3.05, 3.63) is 79.3 Å². The molecule has 0 aliphatic rings. The van der Waals surface area contributed by atoms with Crippen LogP contribution in [0.25, 0.3) is 22.6 Å². The molecule has 0 spiro atoms. The first-order chi connectivity index (χ1) is 12.4. The van der Waals surface area contributed by atoms with E-state index in [1.807, 2.05) is 42.5 Å². The molecule has 0 bridgehead atoms. The standard InChI is InChI=1S/C19H15N5O/c1-3-15(12-21-7-1)17-11-18(22-13-16-4-2-10-25-16)24-19(23-17)14-5-8-20-9-6-14/h1-12H,13H2,(H,22,23,24). The summed E-state index contributed by atoms with van der Waals surface area (Å²) in [5.74, 6) is 2.19. The van der Waals surface area contributed by atoms with Crippen LogP contribution in [0, 0.1) is 0 Å². The Morgan fingerprint density at radius 3 is 2.56 bits per heavy atom. The van der Waals surface area contributed by atoms with Crippen molar-refractivity contribution >= 4 is 5.82 Å². The Bertz CT molecular complexity index is 882. The molecule has 0 amide bonds. The predicted octanol–water partition coefficient (Wildman–Crippen LogP) is 3.81. The molecule has 0 fully saturated rings. The van der Waals surface area contributed by atoms with Crippen LogP contribution < -0.4 is 5.32 Å². The molecule has 0 aliphatic carbocycles. The molecule has 122 valence electrons. The maximum Gasteiger partial charge on any atom is 0.162 e. The minimum atomic E-state index is 0.548. The molecule has 4 aromatic heterocycles. The molecule has 0 saturated heterocycles. The van der Waals surface area contributed by atoms with Gasteiger partial charge in [-0.3, -0.25) is 9.97 Å². The van der Waals surface area contributed by atoms with E-state index < -0.39 is 0 Å². The fraction of sp³-hybridized carbons (Fsp3) is 0.0526. The number of furan rings is 1. The number of hydrogen-bond acceptors (Lipinski definition) is 6. The van der Waals surface area contributed by atoms with Gasteiger partial charge in [0.25, 0.3) is 0 Å². The van der Waals surface area contributed by atoms with Gasteiger partial charge in [0.2, 0.25) is 0 Å². The summed E-state index contributed by atoms with van der Waals surface area (Å²) in [5.41, 5.74) is 2.64. The maximum atomic E-state index is 5.36. The predicted molar refractivity (Wildman–Crippen MR) is 94.5 cm³/mol. The molecule has 0 atom stereocenters. The largest absolute Gasteiger partial charge is 0.467 e. The van der Waals surface area contributed by atoms with Crippen LogP contribution in [-0.4, -0.2) is 19.9 Å². The van der Waals surface area contributed by atoms with Gasteiger partial charge in [0.1, 0.15) is 11.6 Å². The van der Waals surface area contributed by atoms with E-state index in [0.29, 0.717) is 12.4 Å². The molecule has 0 radical (unpaired) electrons. The molecule has 0 aliphatic heterocycles. The molecule has 4 aromatic rings. The summed E-state index contributed by atoms with van der Waals surface area (Å²) in [7, 11) is 0. The van der Waals surface area contributed by atoms with Crippen LogP contribution in [0.2, 0.25) is 0 Å². The van der Waals surface area contributed by atoms with Crippen LogP contribution in [0.3, 0.4) is 0 Å². The summed E-state index contributed by atoms with van der Waals surface area (Å²) in [4.78, 5) is 17.5. The average Bonchev–Trinajstić information content (AvgIpc) is 3.21. The van der Waals surface area contributed by atoms with Crippen LogP contribution in [0.5, 0.6) is 0 Å². The average molecular weight is 329 g/mol. The Labute approximate surface area is 144 Å². The highest BCUT2D eigenvalue weighted by molar-refractivity contribution is 5.66. The van der Waals surface area contributed by atoms with Gasteiger partial charge in [0.15, 0.2) is 5.82 Å². The topological polar surface area (TPSA) is 76.7 Å². The number of nitrogens with one attached hydrogen (secondary N) is 1. The highest BCUT2D eigenvalue weighted by Gasteiger charge is 2.09. The van der Waals surface area contributed by atoms with Gasteiger partial charge in [0.05, 0.1) is 18.5 Å². The van der Waals surface area contributed by atoms with E-state index in [2.05, 4.69) is 25.3 Å². The van der Waals surface area contributed by atoms with Crippen LogP contribution in [0.1, 0.15) is 5.76 Å². The second kappa shape index (κ2) is 6.92. The molecule has 4 rings (SSSR count). The quantitative estimate of drug-likeness (QED) is 0.600. The number of anilines is 1. The number of aromatic nitrogens is 4. The third kappa shape index (κ3) is 3.53. The molecule has 0 aromatic carbocycles. The highest BCUT2D eigenvalue weighted by Crippen LogP contribution is 2.23. The van der Waals surface area contributed by atoms with Crippen LogP contribution in [0.15, 0.2) is 77.9 Å². The molecule has 6 heteroatoms. The SMILES string of the molecule is c1cncc(-c2cc(NCc3ccco3)nc(-c3ccncc3)n2)c1. The van der Waals surface area contributed by atoms with Gasteiger partial charge in [-0.2, -0.15) is 0 Å². The summed E-state index contributed by atoms with van der Waals surface area (Å²) >= 11 is 0. The summed E-state index contributed by atoms with van der Waals surface area (Å²) in [5, 5.41) is 3.29. The maximum absolute atomic E-state index is 5.36. The van der Waals surface area contributed by atoms with Gasteiger partial charge in [0, 0.05) is 42.0 Å². The Balaban J connectivity index is 1.72. The van der Waals surface area contributed by atoms with Gasteiger partial charge in [-0.1, -0.05) is 0 Å². The van der Waals surface area contributed by atoms with Crippen molar-refractivity contribution in [2.24, 2.45) is 0 Å². The van der Waals surface area contributed by atoms with Gasteiger partial charge < -0.3 is 9.73 Å². The summed E-state index contributed by atoms with van der Waals surface area (Å²) in [6.07, 6.45) is 8.64. The lowest BCUT2D eigenvalue weighted by molar-refractivity contribution is 0.518. The first kappa shape index (κ1) is 15.0. The zero-order valence-electron chi connectivity index (χ0n) is 13.3. The lowest BCUT2D eigenvalue weighted by Gasteiger charge is -2.09. The van der Waals surface area contributed by atoms with Crippen molar-refractivity contribution in [1.29, 1.82) is 0 Å². The second-order valence-electron chi connectivity index (χ2n) is 5.37. The third-order valence-electron chi connectivity index (χ3n) is 3.65. The van der Waals surface area contributed by atoms with E-state index in [-0.39, 0.29) is 0 Å². The van der Waals surface area contributed by atoms with Crippen molar-refractivity contribution in [2.75, 3.05) is 5.32 Å². The normalized spacial score (nSPS) is 10.6. The Morgan fingerprint density at radius 1 is 0.880 bits per heavy atom. The highest BCUT2D eigenvalue weighted by atomic mass is 16.3. The minimum absolute atomic E-state index is 0.548. The van der Waals surface area contributed by atoms with Gasteiger partial charge in [-0.15, -0.1) is 0 Å². The van der Waals surface area contributed by atoms with Crippen molar-refractivity contribution in [3.8, 4) is 22.6 Å². The lowest BCUT2D eigenvalue weighted by atomic mass is 10.2. The van der Waals surface area contributed by atoms with Gasteiger partial charge in [-0.05, 0) is 36.4 Å². The Morgan fingerprint density at radius 2 is 1.80 bits per heavy atom. The van der Waals surface area contributed by atoms with Gasteiger partial charge >= 0.3 is 0 Å². The van der Waals surface area contributed by atoms with E-state index >= 15 is 0 Å². The summed E-state index contributed by atoms with van der Waals surface area (Å²) in [6.45, 7) is 0.548. The monoisotopic (exact) mass is 329 g/mol. The van der Waals surface area contributed by atoms with Crippen molar-refractivity contribution in [2.45, 2.75) is 6.54 Å². The summed E-state index contributed by atoms with van der Waals surface area (Å²) < 4.78 is 5.36. The molecule has 1 N–H and O–H groups in total. The van der Waals surface area contributed by atoms with E-state index in [4.69, 9.17) is 4.42 Å². The van der Waals surface area contributed by atoms with Crippen LogP contribution in [-0.2, 0) is 6.54 Å². The van der Waals surface area contributed by atoms with Crippen molar-refractivity contribution in [3.63, 3.8) is 0 Å². The fourth-order valence-electron chi connectivity index (χ4n) is 2.42. The number of hydrogen-bond donors (Lipinski definition) is 1. The van der Waals surface area contributed by atoms with E-state index in [1.165, 1.54) is 0 Å². The van der Waals surface area contributed by atoms with Crippen LogP contribution >= 0.6 is 0 Å². The minimum Gasteiger partial charge on any atom is -0.467 e. The zero-order chi connectivity index (χ0) is 16.9. The van der Waals surface area contributed by atoms with E-state index in [9.17, 15) is 0 Å². The van der Waals surface area contributed by atoms with Crippen LogP contribution in [0.4, 0.5) is 5.82 Å². The smallest absolute Gasteiger partial charge is 0.162 e.